The van der Waals surface area contributed by atoms with Gasteiger partial charge in [0.05, 0.1) is 10.6 Å². The van der Waals surface area contributed by atoms with E-state index in [2.05, 4.69) is 10.4 Å². The highest BCUT2D eigenvalue weighted by molar-refractivity contribution is 7.89. The van der Waals surface area contributed by atoms with E-state index in [1.807, 2.05) is 25.6 Å². The van der Waals surface area contributed by atoms with Gasteiger partial charge in [-0.1, -0.05) is 19.3 Å². The average molecular weight is 433 g/mol. The zero-order chi connectivity index (χ0) is 21.9. The first kappa shape index (κ1) is 22.5. The third-order valence-corrected chi connectivity index (χ3v) is 8.09. The SMILES string of the molecule is Cc1nn(C)c(C)c1CCC(=O)Nc1ccc(S(=O)(=O)N(C)C2CCCCC2)cc1. The zero-order valence-electron chi connectivity index (χ0n) is 18.3. The number of hydrogen-bond donors (Lipinski definition) is 1. The highest BCUT2D eigenvalue weighted by atomic mass is 32.2. The minimum Gasteiger partial charge on any atom is -0.326 e. The van der Waals surface area contributed by atoms with Crippen molar-refractivity contribution in [1.82, 2.24) is 14.1 Å². The second-order valence-electron chi connectivity index (χ2n) is 8.16. The average Bonchev–Trinajstić information content (AvgIpc) is 2.98. The molecule has 3 rings (SSSR count). The van der Waals surface area contributed by atoms with E-state index in [9.17, 15) is 13.2 Å². The smallest absolute Gasteiger partial charge is 0.243 e. The maximum absolute atomic E-state index is 12.9. The number of hydrogen-bond acceptors (Lipinski definition) is 4. The van der Waals surface area contributed by atoms with Crippen LogP contribution in [0.1, 0.15) is 55.5 Å². The molecule has 0 saturated heterocycles. The topological polar surface area (TPSA) is 84.3 Å². The molecule has 0 spiro atoms. The van der Waals surface area contributed by atoms with Crippen LogP contribution in [0, 0.1) is 13.8 Å². The normalized spacial score (nSPS) is 15.5. The molecule has 1 N–H and O–H groups in total. The molecular weight excluding hydrogens is 400 g/mol. The molecule has 1 heterocycles. The molecule has 1 fully saturated rings. The summed E-state index contributed by atoms with van der Waals surface area (Å²) in [5.41, 5.74) is 3.70. The molecule has 0 radical (unpaired) electrons. The summed E-state index contributed by atoms with van der Waals surface area (Å²) >= 11 is 0. The third-order valence-electron chi connectivity index (χ3n) is 6.16. The Kier molecular flexibility index (Phi) is 6.98. The van der Waals surface area contributed by atoms with Crippen molar-refractivity contribution >= 4 is 21.6 Å². The van der Waals surface area contributed by atoms with Gasteiger partial charge >= 0.3 is 0 Å². The fourth-order valence-electron chi connectivity index (χ4n) is 4.16. The molecule has 1 amide bonds. The number of nitrogens with zero attached hydrogens (tertiary/aromatic N) is 3. The van der Waals surface area contributed by atoms with Gasteiger partial charge in [-0.05, 0) is 62.9 Å². The zero-order valence-corrected chi connectivity index (χ0v) is 19.1. The number of aromatic nitrogens is 2. The lowest BCUT2D eigenvalue weighted by atomic mass is 9.96. The van der Waals surface area contributed by atoms with Crippen LogP contribution >= 0.6 is 0 Å². The number of nitrogens with one attached hydrogen (secondary N) is 1. The van der Waals surface area contributed by atoms with Crippen molar-refractivity contribution in [3.8, 4) is 0 Å². The molecule has 1 aromatic carbocycles. The van der Waals surface area contributed by atoms with Crippen molar-refractivity contribution in [3.05, 3.63) is 41.2 Å². The molecular formula is C22H32N4O3S. The van der Waals surface area contributed by atoms with Crippen LogP contribution in [0.25, 0.3) is 0 Å². The van der Waals surface area contributed by atoms with Crippen molar-refractivity contribution in [1.29, 1.82) is 0 Å². The maximum Gasteiger partial charge on any atom is 0.243 e. The van der Waals surface area contributed by atoms with Crippen LogP contribution in [0.15, 0.2) is 29.2 Å². The predicted molar refractivity (Wildman–Crippen MR) is 118 cm³/mol. The molecule has 7 nitrogen and oxygen atoms in total. The Morgan fingerprint density at radius 3 is 2.37 bits per heavy atom. The molecule has 1 aromatic heterocycles. The van der Waals surface area contributed by atoms with Gasteiger partial charge in [-0.15, -0.1) is 0 Å². The molecule has 1 aliphatic rings. The molecule has 30 heavy (non-hydrogen) atoms. The number of carbonyl (C=O) groups excluding carboxylic acids is 1. The highest BCUT2D eigenvalue weighted by Gasteiger charge is 2.28. The summed E-state index contributed by atoms with van der Waals surface area (Å²) in [4.78, 5) is 12.6. The number of anilines is 1. The Hall–Kier alpha value is -2.19. The van der Waals surface area contributed by atoms with Gasteiger partial charge in [-0.3, -0.25) is 9.48 Å². The molecule has 0 aliphatic heterocycles. The van der Waals surface area contributed by atoms with Crippen LogP contribution in [0.5, 0.6) is 0 Å². The molecule has 0 atom stereocenters. The molecule has 164 valence electrons. The molecule has 1 saturated carbocycles. The van der Waals surface area contributed by atoms with Crippen LogP contribution in [0.4, 0.5) is 5.69 Å². The van der Waals surface area contributed by atoms with Crippen LogP contribution in [-0.2, 0) is 28.3 Å². The summed E-state index contributed by atoms with van der Waals surface area (Å²) in [5.74, 6) is -0.104. The first-order valence-electron chi connectivity index (χ1n) is 10.6. The number of benzene rings is 1. The Labute approximate surface area is 179 Å². The van der Waals surface area contributed by atoms with Crippen molar-refractivity contribution in [3.63, 3.8) is 0 Å². The highest BCUT2D eigenvalue weighted by Crippen LogP contribution is 2.27. The van der Waals surface area contributed by atoms with E-state index in [1.54, 1.807) is 31.3 Å². The summed E-state index contributed by atoms with van der Waals surface area (Å²) in [6.45, 7) is 3.94. The van der Waals surface area contributed by atoms with E-state index in [0.29, 0.717) is 18.5 Å². The van der Waals surface area contributed by atoms with Crippen LogP contribution in [0.3, 0.4) is 0 Å². The van der Waals surface area contributed by atoms with E-state index >= 15 is 0 Å². The van der Waals surface area contributed by atoms with Crippen LogP contribution < -0.4 is 5.32 Å². The summed E-state index contributed by atoms with van der Waals surface area (Å²) in [6.07, 6.45) is 6.13. The second kappa shape index (κ2) is 9.31. The van der Waals surface area contributed by atoms with Crippen molar-refractivity contribution in [2.75, 3.05) is 12.4 Å². The summed E-state index contributed by atoms with van der Waals surface area (Å²) in [6, 6.07) is 6.52. The van der Waals surface area contributed by atoms with Crippen LogP contribution in [-0.4, -0.2) is 41.5 Å². The van der Waals surface area contributed by atoms with Gasteiger partial charge in [0.15, 0.2) is 0 Å². The summed E-state index contributed by atoms with van der Waals surface area (Å²) in [5, 5.41) is 7.23. The molecule has 8 heteroatoms. The van der Waals surface area contributed by atoms with Gasteiger partial charge in [0, 0.05) is 37.9 Å². The number of rotatable bonds is 7. The molecule has 2 aromatic rings. The molecule has 0 unspecified atom stereocenters. The summed E-state index contributed by atoms with van der Waals surface area (Å²) in [7, 11) is 0.0402. The second-order valence-corrected chi connectivity index (χ2v) is 10.2. The van der Waals surface area contributed by atoms with E-state index < -0.39 is 10.0 Å². The van der Waals surface area contributed by atoms with Gasteiger partial charge in [0.2, 0.25) is 15.9 Å². The minimum absolute atomic E-state index is 0.0718. The minimum atomic E-state index is -3.53. The fraction of sp³-hybridized carbons (Fsp3) is 0.545. The van der Waals surface area contributed by atoms with E-state index in [1.165, 1.54) is 10.7 Å². The van der Waals surface area contributed by atoms with Gasteiger partial charge < -0.3 is 5.32 Å². The predicted octanol–water partition coefficient (Wildman–Crippen LogP) is 3.56. The number of aryl methyl sites for hydroxylation is 2. The Morgan fingerprint density at radius 1 is 1.17 bits per heavy atom. The van der Waals surface area contributed by atoms with Gasteiger partial charge in [-0.2, -0.15) is 9.40 Å². The number of sulfonamides is 1. The third kappa shape index (κ3) is 4.92. The fourth-order valence-corrected chi connectivity index (χ4v) is 5.57. The van der Waals surface area contributed by atoms with E-state index in [4.69, 9.17) is 0 Å². The van der Waals surface area contributed by atoms with E-state index in [-0.39, 0.29) is 16.8 Å². The lowest BCUT2D eigenvalue weighted by Gasteiger charge is -2.30. The summed E-state index contributed by atoms with van der Waals surface area (Å²) < 4.78 is 29.2. The standard InChI is InChI=1S/C22H32N4O3S/c1-16-21(17(2)25(3)24-16)14-15-22(27)23-18-10-12-20(13-11-18)30(28,29)26(4)19-8-6-5-7-9-19/h10-13,19H,5-9,14-15H2,1-4H3,(H,23,27). The lowest BCUT2D eigenvalue weighted by molar-refractivity contribution is -0.116. The van der Waals surface area contributed by atoms with Gasteiger partial charge in [0.1, 0.15) is 0 Å². The Morgan fingerprint density at radius 2 is 1.80 bits per heavy atom. The first-order valence-corrected chi connectivity index (χ1v) is 12.0. The number of amides is 1. The molecule has 0 bridgehead atoms. The Bertz CT molecular complexity index is 990. The van der Waals surface area contributed by atoms with Gasteiger partial charge in [-0.25, -0.2) is 8.42 Å². The van der Waals surface area contributed by atoms with Crippen molar-refractivity contribution in [2.45, 2.75) is 69.7 Å². The lowest BCUT2D eigenvalue weighted by Crippen LogP contribution is -2.38. The molecule has 1 aliphatic carbocycles. The monoisotopic (exact) mass is 432 g/mol. The van der Waals surface area contributed by atoms with Crippen molar-refractivity contribution in [2.24, 2.45) is 7.05 Å². The number of carbonyl (C=O) groups is 1. The quantitative estimate of drug-likeness (QED) is 0.725. The van der Waals surface area contributed by atoms with E-state index in [0.717, 1.165) is 42.6 Å². The maximum atomic E-state index is 12.9. The first-order chi connectivity index (χ1) is 14.2. The van der Waals surface area contributed by atoms with Gasteiger partial charge in [0.25, 0.3) is 0 Å². The largest absolute Gasteiger partial charge is 0.326 e. The van der Waals surface area contributed by atoms with Crippen molar-refractivity contribution < 1.29 is 13.2 Å². The van der Waals surface area contributed by atoms with Crippen LogP contribution in [0.2, 0.25) is 0 Å². The Balaban J connectivity index is 1.60.